The standard InChI is InChI=1S/C10H13NO2/c1-3-4-11-6-8-5-10(8,7(2)12)9(11)13/h3,8H,1,4-6H2,2H3/t8-,10+/m0/s1. The third-order valence-corrected chi connectivity index (χ3v) is 3.19. The van der Waals surface area contributed by atoms with Crippen molar-refractivity contribution in [3.8, 4) is 0 Å². The van der Waals surface area contributed by atoms with Crippen LogP contribution < -0.4 is 0 Å². The van der Waals surface area contributed by atoms with Crippen molar-refractivity contribution in [1.82, 2.24) is 4.90 Å². The molecular formula is C10H13NO2. The highest BCUT2D eigenvalue weighted by Crippen LogP contribution is 2.58. The summed E-state index contributed by atoms with van der Waals surface area (Å²) < 4.78 is 0. The third kappa shape index (κ3) is 0.900. The Morgan fingerprint density at radius 1 is 1.85 bits per heavy atom. The van der Waals surface area contributed by atoms with Gasteiger partial charge >= 0.3 is 0 Å². The van der Waals surface area contributed by atoms with Crippen LogP contribution >= 0.6 is 0 Å². The molecule has 0 spiro atoms. The Morgan fingerprint density at radius 3 is 3.00 bits per heavy atom. The first kappa shape index (κ1) is 8.48. The predicted octanol–water partition coefficient (Wildman–Crippen LogP) is 0.610. The number of Topliss-reactive ketones (excluding diaryl/α,β-unsaturated/α-hetero) is 1. The lowest BCUT2D eigenvalue weighted by atomic mass is 10.0. The molecule has 0 unspecified atom stereocenters. The van der Waals surface area contributed by atoms with E-state index in [1.54, 1.807) is 11.0 Å². The smallest absolute Gasteiger partial charge is 0.236 e. The van der Waals surface area contributed by atoms with Gasteiger partial charge in [0.25, 0.3) is 0 Å². The SMILES string of the molecule is C=CCN1C[C@@H]2C[C@]2(C(C)=O)C1=O. The Balaban J connectivity index is 2.18. The number of carbonyl (C=O) groups is 2. The molecule has 1 aliphatic heterocycles. The molecule has 2 aliphatic rings. The maximum atomic E-state index is 11.8. The van der Waals surface area contributed by atoms with Crippen molar-refractivity contribution < 1.29 is 9.59 Å². The molecule has 0 radical (unpaired) electrons. The summed E-state index contributed by atoms with van der Waals surface area (Å²) in [5.74, 6) is 0.344. The van der Waals surface area contributed by atoms with Crippen molar-refractivity contribution in [2.24, 2.45) is 11.3 Å². The van der Waals surface area contributed by atoms with Gasteiger partial charge in [-0.3, -0.25) is 9.59 Å². The van der Waals surface area contributed by atoms with Crippen molar-refractivity contribution in [2.75, 3.05) is 13.1 Å². The van der Waals surface area contributed by atoms with Gasteiger partial charge in [-0.1, -0.05) is 6.08 Å². The first-order valence-electron chi connectivity index (χ1n) is 4.54. The van der Waals surface area contributed by atoms with Gasteiger partial charge in [-0.25, -0.2) is 0 Å². The fourth-order valence-electron chi connectivity index (χ4n) is 2.34. The van der Waals surface area contributed by atoms with Crippen LogP contribution in [0.3, 0.4) is 0 Å². The van der Waals surface area contributed by atoms with Crippen molar-refractivity contribution in [1.29, 1.82) is 0 Å². The zero-order valence-electron chi connectivity index (χ0n) is 7.75. The lowest BCUT2D eigenvalue weighted by Crippen LogP contribution is -2.34. The second kappa shape index (κ2) is 2.44. The van der Waals surface area contributed by atoms with Gasteiger partial charge in [0, 0.05) is 13.1 Å². The number of nitrogens with zero attached hydrogens (tertiary/aromatic N) is 1. The Labute approximate surface area is 77.4 Å². The molecule has 13 heavy (non-hydrogen) atoms. The predicted molar refractivity (Wildman–Crippen MR) is 48.0 cm³/mol. The molecule has 2 fully saturated rings. The highest BCUT2D eigenvalue weighted by Gasteiger charge is 2.69. The Kier molecular flexibility index (Phi) is 1.59. The van der Waals surface area contributed by atoms with Gasteiger partial charge < -0.3 is 4.90 Å². The van der Waals surface area contributed by atoms with Gasteiger partial charge in [-0.2, -0.15) is 0 Å². The van der Waals surface area contributed by atoms with Crippen LogP contribution in [0.1, 0.15) is 13.3 Å². The van der Waals surface area contributed by atoms with E-state index >= 15 is 0 Å². The van der Waals surface area contributed by atoms with Crippen LogP contribution in [0.25, 0.3) is 0 Å². The van der Waals surface area contributed by atoms with Crippen LogP contribution in [0, 0.1) is 11.3 Å². The molecule has 3 nitrogen and oxygen atoms in total. The number of hydrogen-bond acceptors (Lipinski definition) is 2. The van der Waals surface area contributed by atoms with Gasteiger partial charge in [0.15, 0.2) is 0 Å². The lowest BCUT2D eigenvalue weighted by Gasteiger charge is -2.17. The number of hydrogen-bond donors (Lipinski definition) is 0. The number of fused-ring (bicyclic) bond motifs is 1. The molecule has 1 amide bonds. The average molecular weight is 179 g/mol. The second-order valence-electron chi connectivity index (χ2n) is 3.93. The molecule has 0 bridgehead atoms. The summed E-state index contributed by atoms with van der Waals surface area (Å²) in [4.78, 5) is 24.8. The van der Waals surface area contributed by atoms with E-state index in [-0.39, 0.29) is 17.6 Å². The van der Waals surface area contributed by atoms with Crippen molar-refractivity contribution >= 4 is 11.7 Å². The summed E-state index contributed by atoms with van der Waals surface area (Å²) in [5, 5.41) is 0. The number of piperidine rings is 1. The first-order chi connectivity index (χ1) is 6.13. The monoisotopic (exact) mass is 179 g/mol. The molecule has 1 saturated carbocycles. The summed E-state index contributed by atoms with van der Waals surface area (Å²) in [6, 6.07) is 0. The topological polar surface area (TPSA) is 37.4 Å². The molecule has 70 valence electrons. The van der Waals surface area contributed by atoms with Crippen LogP contribution in [0.4, 0.5) is 0 Å². The van der Waals surface area contributed by atoms with Crippen molar-refractivity contribution in [3.05, 3.63) is 12.7 Å². The van der Waals surface area contributed by atoms with E-state index in [4.69, 9.17) is 0 Å². The fraction of sp³-hybridized carbons (Fsp3) is 0.600. The summed E-state index contributed by atoms with van der Waals surface area (Å²) in [6.07, 6.45) is 2.48. The van der Waals surface area contributed by atoms with E-state index in [0.717, 1.165) is 13.0 Å². The maximum Gasteiger partial charge on any atom is 0.236 e. The van der Waals surface area contributed by atoms with Gasteiger partial charge in [0.1, 0.15) is 11.2 Å². The molecule has 1 heterocycles. The number of amides is 1. The first-order valence-corrected chi connectivity index (χ1v) is 4.54. The Morgan fingerprint density at radius 2 is 2.54 bits per heavy atom. The quantitative estimate of drug-likeness (QED) is 0.470. The molecule has 1 aliphatic carbocycles. The molecule has 3 heteroatoms. The van der Waals surface area contributed by atoms with E-state index in [0.29, 0.717) is 6.54 Å². The molecule has 0 N–H and O–H groups in total. The normalized spacial score (nSPS) is 35.9. The number of carbonyl (C=O) groups excluding carboxylic acids is 2. The van der Waals surface area contributed by atoms with Gasteiger partial charge in [0.2, 0.25) is 5.91 Å². The fourth-order valence-corrected chi connectivity index (χ4v) is 2.34. The molecule has 2 rings (SSSR count). The minimum absolute atomic E-state index is 0.0184. The van der Waals surface area contributed by atoms with Gasteiger partial charge in [0.05, 0.1) is 0 Å². The lowest BCUT2D eigenvalue weighted by molar-refractivity contribution is -0.139. The van der Waals surface area contributed by atoms with E-state index in [1.165, 1.54) is 6.92 Å². The van der Waals surface area contributed by atoms with Crippen LogP contribution in [-0.4, -0.2) is 29.7 Å². The van der Waals surface area contributed by atoms with Crippen LogP contribution in [0.5, 0.6) is 0 Å². The Bertz CT molecular complexity index is 297. The minimum Gasteiger partial charge on any atom is -0.338 e. The highest BCUT2D eigenvalue weighted by molar-refractivity contribution is 6.10. The largest absolute Gasteiger partial charge is 0.338 e. The maximum absolute atomic E-state index is 11.8. The molecule has 0 aromatic rings. The van der Waals surface area contributed by atoms with E-state index in [1.807, 2.05) is 0 Å². The second-order valence-corrected chi connectivity index (χ2v) is 3.93. The Hall–Kier alpha value is -1.12. The highest BCUT2D eigenvalue weighted by atomic mass is 16.2. The van der Waals surface area contributed by atoms with E-state index in [2.05, 4.69) is 6.58 Å². The minimum atomic E-state index is -0.608. The molecular weight excluding hydrogens is 166 g/mol. The zero-order valence-corrected chi connectivity index (χ0v) is 7.75. The summed E-state index contributed by atoms with van der Waals surface area (Å²) in [7, 11) is 0. The van der Waals surface area contributed by atoms with Crippen LogP contribution in [-0.2, 0) is 9.59 Å². The zero-order chi connectivity index (χ0) is 9.64. The molecule has 2 atom stereocenters. The summed E-state index contributed by atoms with van der Waals surface area (Å²) >= 11 is 0. The number of ketones is 1. The summed E-state index contributed by atoms with van der Waals surface area (Å²) in [6.45, 7) is 6.42. The van der Waals surface area contributed by atoms with E-state index < -0.39 is 5.41 Å². The van der Waals surface area contributed by atoms with Crippen molar-refractivity contribution in [3.63, 3.8) is 0 Å². The average Bonchev–Trinajstić information content (AvgIpc) is 2.72. The molecule has 0 aromatic heterocycles. The number of likely N-dealkylation sites (tertiary alicyclic amines) is 1. The third-order valence-electron chi connectivity index (χ3n) is 3.19. The number of rotatable bonds is 3. The van der Waals surface area contributed by atoms with Gasteiger partial charge in [-0.15, -0.1) is 6.58 Å². The van der Waals surface area contributed by atoms with Gasteiger partial charge in [-0.05, 0) is 19.3 Å². The van der Waals surface area contributed by atoms with Crippen LogP contribution in [0.2, 0.25) is 0 Å². The van der Waals surface area contributed by atoms with Crippen LogP contribution in [0.15, 0.2) is 12.7 Å². The van der Waals surface area contributed by atoms with E-state index in [9.17, 15) is 9.59 Å². The summed E-state index contributed by atoms with van der Waals surface area (Å²) in [5.41, 5.74) is -0.608. The molecule has 0 aromatic carbocycles. The van der Waals surface area contributed by atoms with Crippen molar-refractivity contribution in [2.45, 2.75) is 13.3 Å². The molecule has 1 saturated heterocycles.